The zero-order valence-corrected chi connectivity index (χ0v) is 22.4. The number of nitrogens with zero attached hydrogens (tertiary/aromatic N) is 1. The average Bonchev–Trinajstić information content (AvgIpc) is 3.13. The topological polar surface area (TPSA) is 98.0 Å². The number of ether oxygens (including phenoxy) is 2. The highest BCUT2D eigenvalue weighted by atomic mass is 35.5. The van der Waals surface area contributed by atoms with E-state index in [-0.39, 0.29) is 29.4 Å². The van der Waals surface area contributed by atoms with E-state index in [2.05, 4.69) is 4.74 Å². The summed E-state index contributed by atoms with van der Waals surface area (Å²) in [6.45, 7) is 5.05. The Hall–Kier alpha value is -4.18. The predicted molar refractivity (Wildman–Crippen MR) is 142 cm³/mol. The van der Waals surface area contributed by atoms with Crippen LogP contribution in [0.1, 0.15) is 41.0 Å². The Morgan fingerprint density at radius 2 is 1.70 bits per heavy atom. The van der Waals surface area contributed by atoms with Crippen molar-refractivity contribution >= 4 is 34.3 Å². The summed E-state index contributed by atoms with van der Waals surface area (Å²) < 4.78 is 50.3. The highest BCUT2D eigenvalue weighted by Crippen LogP contribution is 2.35. The zero-order valence-electron chi connectivity index (χ0n) is 21.6. The van der Waals surface area contributed by atoms with Gasteiger partial charge in [0.1, 0.15) is 5.75 Å². The molecule has 11 heteroatoms. The summed E-state index contributed by atoms with van der Waals surface area (Å²) in [5.74, 6) is -2.74. The van der Waals surface area contributed by atoms with Crippen LogP contribution in [0.25, 0.3) is 10.9 Å². The van der Waals surface area contributed by atoms with E-state index in [1.54, 1.807) is 55.7 Å². The van der Waals surface area contributed by atoms with Crippen LogP contribution in [-0.4, -0.2) is 39.0 Å². The molecule has 0 saturated heterocycles. The molecule has 210 valence electrons. The van der Waals surface area contributed by atoms with Crippen molar-refractivity contribution in [2.75, 3.05) is 0 Å². The van der Waals surface area contributed by atoms with Crippen LogP contribution in [0.15, 0.2) is 60.7 Å². The van der Waals surface area contributed by atoms with E-state index in [0.29, 0.717) is 32.7 Å². The Morgan fingerprint density at radius 1 is 1.02 bits per heavy atom. The number of aliphatic carboxylic acids is 1. The van der Waals surface area contributed by atoms with Gasteiger partial charge in [0.2, 0.25) is 0 Å². The molecule has 40 heavy (non-hydrogen) atoms. The van der Waals surface area contributed by atoms with Crippen LogP contribution in [0.4, 0.5) is 13.2 Å². The molecule has 0 saturated carbocycles. The second-order valence-electron chi connectivity index (χ2n) is 9.53. The lowest BCUT2D eigenvalue weighted by Gasteiger charge is -2.20. The first kappa shape index (κ1) is 28.8. The summed E-state index contributed by atoms with van der Waals surface area (Å²) in [5, 5.41) is 20.6. The fraction of sp³-hybridized carbons (Fsp3) is 0.241. The molecule has 1 unspecified atom stereocenters. The monoisotopic (exact) mass is 575 g/mol. The van der Waals surface area contributed by atoms with Gasteiger partial charge >= 0.3 is 12.3 Å². The molecule has 4 aromatic rings. The van der Waals surface area contributed by atoms with E-state index >= 15 is 0 Å². The second kappa shape index (κ2) is 11.1. The fourth-order valence-corrected chi connectivity index (χ4v) is 4.56. The van der Waals surface area contributed by atoms with Gasteiger partial charge in [0.25, 0.3) is 0 Å². The molecule has 1 aromatic heterocycles. The zero-order chi connectivity index (χ0) is 29.4. The average molecular weight is 576 g/mol. The number of carbonyl (C=O) groups is 2. The summed E-state index contributed by atoms with van der Waals surface area (Å²) in [6.07, 6.45) is -6.14. The van der Waals surface area contributed by atoms with Gasteiger partial charge in [0.15, 0.2) is 23.4 Å². The molecule has 4 rings (SSSR count). The Bertz CT molecular complexity index is 1580. The Balaban J connectivity index is 1.82. The minimum absolute atomic E-state index is 0.0573. The maximum absolute atomic E-state index is 13.5. The van der Waals surface area contributed by atoms with Gasteiger partial charge in [-0.05, 0) is 61.0 Å². The SMILES string of the molecule is Cc1c(C(=O)c2ccc(Cl)cc2)c2ccc(OC(F)(F)F)cc2n1Cc1ccc(O)c(OC(C(=O)O)C(C)C)c1. The molecule has 7 nitrogen and oxygen atoms in total. The Morgan fingerprint density at radius 3 is 2.30 bits per heavy atom. The number of carboxylic acids is 1. The largest absolute Gasteiger partial charge is 0.573 e. The lowest BCUT2D eigenvalue weighted by atomic mass is 10.0. The number of hydrogen-bond donors (Lipinski definition) is 2. The number of ketones is 1. The normalized spacial score (nSPS) is 12.5. The number of aromatic nitrogens is 1. The number of phenols is 1. The third-order valence-corrected chi connectivity index (χ3v) is 6.58. The quantitative estimate of drug-likeness (QED) is 0.209. The minimum Gasteiger partial charge on any atom is -0.504 e. The minimum atomic E-state index is -4.91. The number of halogens is 4. The third kappa shape index (κ3) is 6.17. The number of benzene rings is 3. The molecule has 0 fully saturated rings. The summed E-state index contributed by atoms with van der Waals surface area (Å²) in [6, 6.07) is 14.4. The lowest BCUT2D eigenvalue weighted by molar-refractivity contribution is -0.274. The molecule has 0 bridgehead atoms. The Kier molecular flexibility index (Phi) is 8.02. The molecule has 0 amide bonds. The highest BCUT2D eigenvalue weighted by molar-refractivity contribution is 6.30. The van der Waals surface area contributed by atoms with Gasteiger partial charge in [-0.1, -0.05) is 31.5 Å². The van der Waals surface area contributed by atoms with Gasteiger partial charge < -0.3 is 24.3 Å². The number of aromatic hydroxyl groups is 1. The molecule has 0 aliphatic heterocycles. The third-order valence-electron chi connectivity index (χ3n) is 6.33. The number of hydrogen-bond acceptors (Lipinski definition) is 5. The van der Waals surface area contributed by atoms with Crippen molar-refractivity contribution in [1.29, 1.82) is 0 Å². The number of alkyl halides is 3. The van der Waals surface area contributed by atoms with Crippen LogP contribution >= 0.6 is 11.6 Å². The summed E-state index contributed by atoms with van der Waals surface area (Å²) >= 11 is 5.96. The van der Waals surface area contributed by atoms with Gasteiger partial charge in [0.05, 0.1) is 11.1 Å². The summed E-state index contributed by atoms with van der Waals surface area (Å²) in [4.78, 5) is 25.2. The van der Waals surface area contributed by atoms with Gasteiger partial charge in [-0.2, -0.15) is 0 Å². The van der Waals surface area contributed by atoms with Crippen LogP contribution in [0.5, 0.6) is 17.2 Å². The Labute approximate surface area is 232 Å². The van der Waals surface area contributed by atoms with Crippen molar-refractivity contribution in [3.05, 3.63) is 88.1 Å². The van der Waals surface area contributed by atoms with Crippen molar-refractivity contribution in [2.24, 2.45) is 5.92 Å². The van der Waals surface area contributed by atoms with E-state index in [1.165, 1.54) is 24.3 Å². The number of fused-ring (bicyclic) bond motifs is 1. The lowest BCUT2D eigenvalue weighted by Crippen LogP contribution is -2.32. The maximum Gasteiger partial charge on any atom is 0.573 e. The molecule has 1 heterocycles. The highest BCUT2D eigenvalue weighted by Gasteiger charge is 2.32. The van der Waals surface area contributed by atoms with E-state index in [1.807, 2.05) is 0 Å². The van der Waals surface area contributed by atoms with Crippen molar-refractivity contribution in [3.8, 4) is 17.2 Å². The molecule has 0 radical (unpaired) electrons. The number of rotatable bonds is 9. The van der Waals surface area contributed by atoms with E-state index in [4.69, 9.17) is 16.3 Å². The first-order valence-electron chi connectivity index (χ1n) is 12.2. The smallest absolute Gasteiger partial charge is 0.504 e. The molecule has 0 aliphatic rings. The van der Waals surface area contributed by atoms with Crippen LogP contribution < -0.4 is 9.47 Å². The van der Waals surface area contributed by atoms with Crippen molar-refractivity contribution in [2.45, 2.75) is 39.8 Å². The fourth-order valence-electron chi connectivity index (χ4n) is 4.43. The second-order valence-corrected chi connectivity index (χ2v) is 9.97. The maximum atomic E-state index is 13.5. The standard InChI is InChI=1S/C29H25ClF3NO6/c1-15(2)27(28(37)38)39-24-12-17(4-11-23(24)35)14-34-16(3)25(26(36)18-5-7-19(30)8-6-18)21-10-9-20(13-22(21)34)40-29(31,32)33/h4-13,15,27,35H,14H2,1-3H3,(H,37,38). The van der Waals surface area contributed by atoms with E-state index < -0.39 is 30.1 Å². The molecule has 0 aliphatic carbocycles. The molecular formula is C29H25ClF3NO6. The van der Waals surface area contributed by atoms with Crippen LogP contribution in [0.2, 0.25) is 5.02 Å². The predicted octanol–water partition coefficient (Wildman–Crippen LogP) is 6.97. The summed E-state index contributed by atoms with van der Waals surface area (Å²) in [7, 11) is 0. The molecule has 1 atom stereocenters. The van der Waals surface area contributed by atoms with Crippen LogP contribution in [0.3, 0.4) is 0 Å². The number of carboxylic acid groups (broad SMARTS) is 1. The molecular weight excluding hydrogens is 551 g/mol. The number of carbonyl (C=O) groups excluding carboxylic acids is 1. The van der Waals surface area contributed by atoms with Crippen molar-refractivity contribution in [3.63, 3.8) is 0 Å². The van der Waals surface area contributed by atoms with Gasteiger partial charge in [-0.15, -0.1) is 13.2 Å². The van der Waals surface area contributed by atoms with Gasteiger partial charge in [-0.3, -0.25) is 4.79 Å². The van der Waals surface area contributed by atoms with Crippen LogP contribution in [0, 0.1) is 12.8 Å². The van der Waals surface area contributed by atoms with Gasteiger partial charge in [0, 0.05) is 40.2 Å². The molecule has 2 N–H and O–H groups in total. The number of phenolic OH excluding ortho intramolecular Hbond substituents is 1. The first-order valence-corrected chi connectivity index (χ1v) is 12.5. The van der Waals surface area contributed by atoms with Crippen LogP contribution in [-0.2, 0) is 11.3 Å². The molecule has 3 aromatic carbocycles. The summed E-state index contributed by atoms with van der Waals surface area (Å²) in [5.41, 5.74) is 1.94. The van der Waals surface area contributed by atoms with Gasteiger partial charge in [-0.25, -0.2) is 4.79 Å². The first-order chi connectivity index (χ1) is 18.7. The van der Waals surface area contributed by atoms with Crippen molar-refractivity contribution < 1.29 is 42.4 Å². The van der Waals surface area contributed by atoms with E-state index in [0.717, 1.165) is 6.07 Å². The van der Waals surface area contributed by atoms with Crippen molar-refractivity contribution in [1.82, 2.24) is 4.57 Å². The molecule has 0 spiro atoms. The van der Waals surface area contributed by atoms with E-state index in [9.17, 15) is 33.0 Å².